The normalized spacial score (nSPS) is 11.4. The highest BCUT2D eigenvalue weighted by molar-refractivity contribution is 7.92. The number of hydrogen-bond donors (Lipinski definition) is 1. The van der Waals surface area contributed by atoms with Gasteiger partial charge in [0.05, 0.1) is 11.4 Å². The summed E-state index contributed by atoms with van der Waals surface area (Å²) in [7, 11) is -3.34. The lowest BCUT2D eigenvalue weighted by Crippen LogP contribution is -2.16. The molecule has 0 amide bonds. The monoisotopic (exact) mass is 301 g/mol. The molecule has 7 nitrogen and oxygen atoms in total. The van der Waals surface area contributed by atoms with Gasteiger partial charge in [0.25, 0.3) is 0 Å². The SMILES string of the molecule is O=S(=O)(CCCCl)Nc1ccc(-n2cnnn2)cc1. The molecule has 0 aliphatic carbocycles. The Morgan fingerprint density at radius 3 is 2.58 bits per heavy atom. The number of hydrogen-bond acceptors (Lipinski definition) is 5. The Morgan fingerprint density at radius 1 is 1.26 bits per heavy atom. The molecule has 2 rings (SSSR count). The average Bonchev–Trinajstić information content (AvgIpc) is 2.91. The van der Waals surface area contributed by atoms with Crippen LogP contribution < -0.4 is 4.72 Å². The van der Waals surface area contributed by atoms with Crippen molar-refractivity contribution < 1.29 is 8.42 Å². The van der Waals surface area contributed by atoms with Crippen molar-refractivity contribution in [2.75, 3.05) is 16.4 Å². The van der Waals surface area contributed by atoms with Gasteiger partial charge in [-0.05, 0) is 41.1 Å². The van der Waals surface area contributed by atoms with E-state index in [2.05, 4.69) is 20.2 Å². The van der Waals surface area contributed by atoms with Crippen molar-refractivity contribution in [3.05, 3.63) is 30.6 Å². The lowest BCUT2D eigenvalue weighted by atomic mass is 10.3. The fraction of sp³-hybridized carbons (Fsp3) is 0.300. The van der Waals surface area contributed by atoms with E-state index in [1.807, 2.05) is 0 Å². The first-order valence-electron chi connectivity index (χ1n) is 5.50. The van der Waals surface area contributed by atoms with E-state index in [9.17, 15) is 8.42 Å². The molecule has 1 heterocycles. The molecule has 0 saturated carbocycles. The zero-order valence-corrected chi connectivity index (χ0v) is 11.5. The van der Waals surface area contributed by atoms with Crippen molar-refractivity contribution in [1.82, 2.24) is 20.2 Å². The molecule has 0 saturated heterocycles. The zero-order valence-electron chi connectivity index (χ0n) is 9.90. The van der Waals surface area contributed by atoms with Gasteiger partial charge in [-0.3, -0.25) is 4.72 Å². The second-order valence-electron chi connectivity index (χ2n) is 3.76. The molecule has 102 valence electrons. The molecule has 0 bridgehead atoms. The minimum Gasteiger partial charge on any atom is -0.284 e. The molecule has 1 aromatic carbocycles. The molecule has 0 spiro atoms. The summed E-state index contributed by atoms with van der Waals surface area (Å²) >= 11 is 5.47. The second-order valence-corrected chi connectivity index (χ2v) is 5.98. The molecule has 0 aliphatic rings. The maximum absolute atomic E-state index is 11.7. The van der Waals surface area contributed by atoms with E-state index in [0.29, 0.717) is 18.0 Å². The molecule has 0 fully saturated rings. The Kier molecular flexibility index (Phi) is 4.33. The Labute approximate surface area is 115 Å². The predicted molar refractivity (Wildman–Crippen MR) is 71.9 cm³/mol. The first kappa shape index (κ1) is 13.8. The maximum atomic E-state index is 11.7. The number of tetrazole rings is 1. The molecule has 9 heteroatoms. The van der Waals surface area contributed by atoms with Gasteiger partial charge in [0.2, 0.25) is 10.0 Å². The summed E-state index contributed by atoms with van der Waals surface area (Å²) in [4.78, 5) is 0. The van der Waals surface area contributed by atoms with Crippen molar-refractivity contribution in [2.45, 2.75) is 6.42 Å². The van der Waals surface area contributed by atoms with Crippen molar-refractivity contribution in [3.63, 3.8) is 0 Å². The number of anilines is 1. The number of sulfonamides is 1. The molecule has 1 N–H and O–H groups in total. The van der Waals surface area contributed by atoms with E-state index in [4.69, 9.17) is 11.6 Å². The highest BCUT2D eigenvalue weighted by Crippen LogP contribution is 2.13. The van der Waals surface area contributed by atoms with Gasteiger partial charge >= 0.3 is 0 Å². The standard InChI is InChI=1S/C10H12ClN5O2S/c11-6-1-7-19(17,18)13-9-2-4-10(5-3-9)16-8-12-14-15-16/h2-5,8,13H,1,6-7H2. The van der Waals surface area contributed by atoms with Crippen LogP contribution in [0.15, 0.2) is 30.6 Å². The van der Waals surface area contributed by atoms with Crippen LogP contribution in [0, 0.1) is 0 Å². The van der Waals surface area contributed by atoms with Gasteiger partial charge in [0, 0.05) is 11.6 Å². The van der Waals surface area contributed by atoms with Gasteiger partial charge in [-0.1, -0.05) is 0 Å². The first-order chi connectivity index (χ1) is 9.11. The average molecular weight is 302 g/mol. The predicted octanol–water partition coefficient (Wildman–Crippen LogP) is 1.03. The highest BCUT2D eigenvalue weighted by Gasteiger charge is 2.09. The number of aromatic nitrogens is 4. The minimum absolute atomic E-state index is 0.00521. The molecule has 2 aromatic rings. The Balaban J connectivity index is 2.07. The van der Waals surface area contributed by atoms with Crippen LogP contribution in [0.5, 0.6) is 0 Å². The smallest absolute Gasteiger partial charge is 0.232 e. The lowest BCUT2D eigenvalue weighted by Gasteiger charge is -2.07. The Hall–Kier alpha value is -1.67. The summed E-state index contributed by atoms with van der Waals surface area (Å²) in [6, 6.07) is 6.73. The van der Waals surface area contributed by atoms with E-state index in [1.165, 1.54) is 11.0 Å². The van der Waals surface area contributed by atoms with Crippen LogP contribution >= 0.6 is 11.6 Å². The summed E-state index contributed by atoms with van der Waals surface area (Å²) in [5.74, 6) is 0.324. The van der Waals surface area contributed by atoms with Crippen molar-refractivity contribution in [2.24, 2.45) is 0 Å². The molecule has 19 heavy (non-hydrogen) atoms. The summed E-state index contributed by atoms with van der Waals surface area (Å²) in [5, 5.41) is 10.8. The number of nitrogens with one attached hydrogen (secondary N) is 1. The van der Waals surface area contributed by atoms with Gasteiger partial charge in [-0.15, -0.1) is 16.7 Å². The zero-order chi connectivity index (χ0) is 13.7. The molecule has 0 radical (unpaired) electrons. The topological polar surface area (TPSA) is 89.8 Å². The van der Waals surface area contributed by atoms with Crippen molar-refractivity contribution >= 4 is 27.3 Å². The van der Waals surface area contributed by atoms with Crippen LogP contribution in [-0.2, 0) is 10.0 Å². The number of benzene rings is 1. The summed E-state index contributed by atoms with van der Waals surface area (Å²) in [6.07, 6.45) is 1.87. The third kappa shape index (κ3) is 3.90. The van der Waals surface area contributed by atoms with Crippen LogP contribution in [0.4, 0.5) is 5.69 Å². The quantitative estimate of drug-likeness (QED) is 0.805. The van der Waals surface area contributed by atoms with Crippen molar-refractivity contribution in [1.29, 1.82) is 0 Å². The number of rotatable bonds is 6. The van der Waals surface area contributed by atoms with Crippen molar-refractivity contribution in [3.8, 4) is 5.69 Å². The Morgan fingerprint density at radius 2 is 2.00 bits per heavy atom. The van der Waals surface area contributed by atoms with Crippen LogP contribution in [0.1, 0.15) is 6.42 Å². The summed E-state index contributed by atoms with van der Waals surface area (Å²) in [6.45, 7) is 0. The van der Waals surface area contributed by atoms with E-state index < -0.39 is 10.0 Å². The molecule has 1 aromatic heterocycles. The van der Waals surface area contributed by atoms with E-state index in [-0.39, 0.29) is 5.75 Å². The summed E-state index contributed by atoms with van der Waals surface area (Å²) < 4.78 is 27.3. The van der Waals surface area contributed by atoms with Gasteiger partial charge in [0.15, 0.2) is 0 Å². The molecular weight excluding hydrogens is 290 g/mol. The molecule has 0 unspecified atom stereocenters. The van der Waals surface area contributed by atoms with Crippen LogP contribution in [0.2, 0.25) is 0 Å². The Bertz CT molecular complexity index is 612. The van der Waals surface area contributed by atoms with E-state index in [1.54, 1.807) is 24.3 Å². The number of nitrogens with zero attached hydrogens (tertiary/aromatic N) is 4. The molecule has 0 aliphatic heterocycles. The van der Waals surface area contributed by atoms with Gasteiger partial charge in [-0.2, -0.15) is 0 Å². The van der Waals surface area contributed by atoms with Crippen LogP contribution in [0.3, 0.4) is 0 Å². The second kappa shape index (κ2) is 5.98. The number of halogens is 1. The van der Waals surface area contributed by atoms with E-state index >= 15 is 0 Å². The lowest BCUT2D eigenvalue weighted by molar-refractivity contribution is 0.600. The van der Waals surface area contributed by atoms with Crippen LogP contribution in [0.25, 0.3) is 5.69 Å². The minimum atomic E-state index is -3.34. The molecular formula is C10H12ClN5O2S. The van der Waals surface area contributed by atoms with Gasteiger partial charge < -0.3 is 0 Å². The first-order valence-corrected chi connectivity index (χ1v) is 7.69. The van der Waals surface area contributed by atoms with E-state index in [0.717, 1.165) is 5.69 Å². The van der Waals surface area contributed by atoms with Gasteiger partial charge in [0.1, 0.15) is 6.33 Å². The fourth-order valence-corrected chi connectivity index (χ4v) is 2.85. The highest BCUT2D eigenvalue weighted by atomic mass is 35.5. The summed E-state index contributed by atoms with van der Waals surface area (Å²) in [5.41, 5.74) is 1.24. The largest absolute Gasteiger partial charge is 0.284 e. The third-order valence-corrected chi connectivity index (χ3v) is 3.94. The van der Waals surface area contributed by atoms with Crippen LogP contribution in [-0.4, -0.2) is 40.3 Å². The fourth-order valence-electron chi connectivity index (χ4n) is 1.44. The number of alkyl halides is 1. The molecule has 0 atom stereocenters. The third-order valence-electron chi connectivity index (χ3n) is 2.30. The van der Waals surface area contributed by atoms with Gasteiger partial charge in [-0.25, -0.2) is 13.1 Å². The maximum Gasteiger partial charge on any atom is 0.232 e.